The van der Waals surface area contributed by atoms with Crippen molar-refractivity contribution in [1.82, 2.24) is 0 Å². The van der Waals surface area contributed by atoms with Crippen LogP contribution in [0.25, 0.3) is 0 Å². The molecule has 0 N–H and O–H groups in total. The first-order valence-corrected chi connectivity index (χ1v) is 3.53. The van der Waals surface area contributed by atoms with E-state index in [9.17, 15) is 0 Å². The van der Waals surface area contributed by atoms with E-state index in [1.54, 1.807) is 0 Å². The first kappa shape index (κ1) is 7.24. The molecule has 10 heavy (non-hydrogen) atoms. The third kappa shape index (κ3) is 1.34. The highest BCUT2D eigenvalue weighted by Gasteiger charge is 2.03. The van der Waals surface area contributed by atoms with Gasteiger partial charge in [0, 0.05) is 16.9 Å². The van der Waals surface area contributed by atoms with E-state index in [4.69, 9.17) is 18.6 Å². The van der Waals surface area contributed by atoms with E-state index in [0.29, 0.717) is 0 Å². The molecule has 0 saturated heterocycles. The Bertz CT molecular complexity index is 261. The number of hydrogen-bond donors (Lipinski definition) is 0. The smallest absolute Gasteiger partial charge is 0.0279 e. The molecule has 1 aliphatic rings. The molecule has 0 nitrogen and oxygen atoms in total. The van der Waals surface area contributed by atoms with E-state index in [-0.39, 0.29) is 0 Å². The molecule has 0 unspecified atom stereocenters. The highest BCUT2D eigenvalue weighted by Crippen LogP contribution is 2.15. The van der Waals surface area contributed by atoms with Crippen LogP contribution < -0.4 is 0 Å². The summed E-state index contributed by atoms with van der Waals surface area (Å²) in [5, 5.41) is 0. The zero-order chi connectivity index (χ0) is 7.56. The van der Waals surface area contributed by atoms with Crippen LogP contribution in [-0.2, 0) is 0 Å². The average molecular weight is 148 g/mol. The van der Waals surface area contributed by atoms with Gasteiger partial charge in [0.2, 0.25) is 0 Å². The molecule has 50 valence electrons. The van der Waals surface area contributed by atoms with Gasteiger partial charge in [-0.05, 0) is 18.6 Å². The van der Waals surface area contributed by atoms with Gasteiger partial charge in [-0.2, -0.15) is 0 Å². The van der Waals surface area contributed by atoms with Crippen LogP contribution >= 0.6 is 12.2 Å². The van der Waals surface area contributed by atoms with E-state index in [2.05, 4.69) is 12.0 Å². The highest BCUT2D eigenvalue weighted by atomic mass is 32.1. The van der Waals surface area contributed by atoms with Gasteiger partial charge in [0.15, 0.2) is 0 Å². The molecule has 0 bridgehead atoms. The van der Waals surface area contributed by atoms with E-state index in [1.807, 2.05) is 13.0 Å². The Morgan fingerprint density at radius 2 is 2.40 bits per heavy atom. The van der Waals surface area contributed by atoms with E-state index < -0.39 is 0 Å². The Morgan fingerprint density at radius 3 is 2.90 bits per heavy atom. The average Bonchev–Trinajstić information content (AvgIpc) is 1.94. The maximum atomic E-state index is 5.24. The quantitative estimate of drug-likeness (QED) is 0.375. The summed E-state index contributed by atoms with van der Waals surface area (Å²) in [5.41, 5.74) is 2.09. The van der Waals surface area contributed by atoms with Crippen LogP contribution in [0.2, 0.25) is 0 Å². The molecule has 0 spiro atoms. The van der Waals surface area contributed by atoms with Crippen LogP contribution in [0.4, 0.5) is 0 Å². The summed E-state index contributed by atoms with van der Waals surface area (Å²) < 4.78 is 0. The van der Waals surface area contributed by atoms with E-state index in [0.717, 1.165) is 22.4 Å². The van der Waals surface area contributed by atoms with Gasteiger partial charge in [-0.15, -0.1) is 6.42 Å². The summed E-state index contributed by atoms with van der Waals surface area (Å²) >= 11 is 4.99. The first-order chi connectivity index (χ1) is 4.74. The zero-order valence-electron chi connectivity index (χ0n) is 5.85. The van der Waals surface area contributed by atoms with Crippen LogP contribution in [0.15, 0.2) is 23.3 Å². The molecule has 0 radical (unpaired) electrons. The van der Waals surface area contributed by atoms with Gasteiger partial charge in [0.1, 0.15) is 0 Å². The molecule has 0 aromatic heterocycles. The molecule has 0 fully saturated rings. The second-order valence-electron chi connectivity index (χ2n) is 2.26. The third-order valence-corrected chi connectivity index (χ3v) is 1.78. The fourth-order valence-electron chi connectivity index (χ4n) is 0.853. The van der Waals surface area contributed by atoms with Crippen molar-refractivity contribution >= 4 is 17.1 Å². The molecule has 0 aromatic carbocycles. The lowest BCUT2D eigenvalue weighted by Crippen LogP contribution is -1.97. The van der Waals surface area contributed by atoms with Crippen LogP contribution in [0.5, 0.6) is 0 Å². The monoisotopic (exact) mass is 148 g/mol. The second-order valence-corrected chi connectivity index (χ2v) is 2.78. The largest absolute Gasteiger partial charge is 0.115 e. The summed E-state index contributed by atoms with van der Waals surface area (Å²) in [6.07, 6.45) is 10.1. The Hall–Kier alpha value is -0.870. The standard InChI is InChI=1S/C9H8S/c1-3-8-6-9(10)5-4-7(8)2/h1,4,6H,5H2,2H3. The van der Waals surface area contributed by atoms with Crippen molar-refractivity contribution in [2.24, 2.45) is 0 Å². The molecule has 1 aliphatic carbocycles. The number of thiocarbonyl (C=S) groups is 1. The van der Waals surface area contributed by atoms with E-state index in [1.165, 1.54) is 0 Å². The zero-order valence-corrected chi connectivity index (χ0v) is 6.66. The third-order valence-electron chi connectivity index (χ3n) is 1.50. The molecule has 0 aliphatic heterocycles. The molecule has 0 atom stereocenters. The number of terminal acetylenes is 1. The molecular weight excluding hydrogens is 140 g/mol. The number of allylic oxidation sites excluding steroid dienone is 4. The van der Waals surface area contributed by atoms with Gasteiger partial charge < -0.3 is 0 Å². The number of hydrogen-bond acceptors (Lipinski definition) is 1. The van der Waals surface area contributed by atoms with Crippen LogP contribution in [0.3, 0.4) is 0 Å². The Kier molecular flexibility index (Phi) is 2.03. The van der Waals surface area contributed by atoms with Crippen LogP contribution in [0.1, 0.15) is 13.3 Å². The minimum atomic E-state index is 0.867. The van der Waals surface area contributed by atoms with Gasteiger partial charge >= 0.3 is 0 Å². The summed E-state index contributed by atoms with van der Waals surface area (Å²) in [4.78, 5) is 0.929. The van der Waals surface area contributed by atoms with Gasteiger partial charge in [-0.1, -0.05) is 24.2 Å². The topological polar surface area (TPSA) is 0 Å². The Labute approximate surface area is 66.6 Å². The van der Waals surface area contributed by atoms with Crippen molar-refractivity contribution in [3.63, 3.8) is 0 Å². The van der Waals surface area contributed by atoms with Crippen molar-refractivity contribution in [2.75, 3.05) is 0 Å². The minimum Gasteiger partial charge on any atom is -0.115 e. The predicted octanol–water partition coefficient (Wildman–Crippen LogP) is 2.27. The van der Waals surface area contributed by atoms with Gasteiger partial charge in [-0.3, -0.25) is 0 Å². The molecule has 0 heterocycles. The maximum Gasteiger partial charge on any atom is 0.0279 e. The normalized spacial score (nSPS) is 17.4. The lowest BCUT2D eigenvalue weighted by Gasteiger charge is -2.06. The molecule has 0 aromatic rings. The summed E-state index contributed by atoms with van der Waals surface area (Å²) in [6, 6.07) is 0. The summed E-state index contributed by atoms with van der Waals surface area (Å²) in [5.74, 6) is 2.59. The lowest BCUT2D eigenvalue weighted by molar-refractivity contribution is 1.34. The maximum absolute atomic E-state index is 5.24. The Balaban J connectivity index is 2.98. The fourth-order valence-corrected chi connectivity index (χ4v) is 1.05. The first-order valence-electron chi connectivity index (χ1n) is 3.12. The van der Waals surface area contributed by atoms with E-state index >= 15 is 0 Å². The van der Waals surface area contributed by atoms with Crippen LogP contribution in [0, 0.1) is 12.3 Å². The SMILES string of the molecule is C#CC1=CC(=S)CC=C1C. The lowest BCUT2D eigenvalue weighted by atomic mass is 10.00. The molecule has 0 saturated carbocycles. The van der Waals surface area contributed by atoms with Gasteiger partial charge in [0.05, 0.1) is 0 Å². The summed E-state index contributed by atoms with van der Waals surface area (Å²) in [7, 11) is 0. The fraction of sp³-hybridized carbons (Fsp3) is 0.222. The second kappa shape index (κ2) is 2.81. The molecular formula is C9H8S. The highest BCUT2D eigenvalue weighted by molar-refractivity contribution is 7.80. The molecule has 1 heteroatoms. The van der Waals surface area contributed by atoms with Crippen molar-refractivity contribution in [3.05, 3.63) is 23.3 Å². The minimum absolute atomic E-state index is 0.867. The molecule has 0 amide bonds. The van der Waals surface area contributed by atoms with Crippen molar-refractivity contribution in [1.29, 1.82) is 0 Å². The van der Waals surface area contributed by atoms with Gasteiger partial charge in [-0.25, -0.2) is 0 Å². The van der Waals surface area contributed by atoms with Gasteiger partial charge in [0.25, 0.3) is 0 Å². The van der Waals surface area contributed by atoms with Crippen LogP contribution in [-0.4, -0.2) is 4.86 Å². The van der Waals surface area contributed by atoms with Crippen molar-refractivity contribution in [3.8, 4) is 12.3 Å². The molecule has 1 rings (SSSR count). The number of rotatable bonds is 0. The predicted molar refractivity (Wildman–Crippen MR) is 47.9 cm³/mol. The summed E-state index contributed by atoms with van der Waals surface area (Å²) in [6.45, 7) is 2.01. The van der Waals surface area contributed by atoms with Crippen molar-refractivity contribution in [2.45, 2.75) is 13.3 Å². The Morgan fingerprint density at radius 1 is 1.70 bits per heavy atom. The van der Waals surface area contributed by atoms with Crippen molar-refractivity contribution < 1.29 is 0 Å².